The van der Waals surface area contributed by atoms with Crippen LogP contribution in [0.3, 0.4) is 0 Å². The van der Waals surface area contributed by atoms with Crippen molar-refractivity contribution in [3.63, 3.8) is 0 Å². The second-order valence-electron chi connectivity index (χ2n) is 7.06. The van der Waals surface area contributed by atoms with Crippen LogP contribution in [-0.2, 0) is 9.59 Å². The second kappa shape index (κ2) is 6.93. The van der Waals surface area contributed by atoms with Crippen LogP contribution in [-0.4, -0.2) is 31.0 Å². The van der Waals surface area contributed by atoms with E-state index in [1.54, 1.807) is 31.4 Å². The van der Waals surface area contributed by atoms with Crippen molar-refractivity contribution in [3.8, 4) is 5.75 Å². The largest absolute Gasteiger partial charge is 0.497 e. The molecule has 1 aliphatic heterocycles. The van der Waals surface area contributed by atoms with Crippen molar-refractivity contribution >= 4 is 17.5 Å². The third kappa shape index (κ3) is 3.18. The van der Waals surface area contributed by atoms with Crippen molar-refractivity contribution in [2.24, 2.45) is 11.8 Å². The van der Waals surface area contributed by atoms with Gasteiger partial charge in [-0.25, -0.2) is 4.90 Å². The Labute approximate surface area is 143 Å². The summed E-state index contributed by atoms with van der Waals surface area (Å²) >= 11 is 0. The number of imide groups is 1. The Morgan fingerprint density at radius 2 is 1.83 bits per heavy atom. The number of nitrogens with one attached hydrogen (secondary N) is 1. The van der Waals surface area contributed by atoms with Crippen molar-refractivity contribution < 1.29 is 14.3 Å². The Balaban J connectivity index is 1.71. The lowest BCUT2D eigenvalue weighted by Gasteiger charge is -2.36. The van der Waals surface area contributed by atoms with Crippen LogP contribution in [0.4, 0.5) is 5.69 Å². The molecule has 3 rings (SSSR count). The summed E-state index contributed by atoms with van der Waals surface area (Å²) in [5.74, 6) is 1.60. The quantitative estimate of drug-likeness (QED) is 0.863. The molecule has 0 bridgehead atoms. The number of amides is 2. The molecule has 1 saturated carbocycles. The molecule has 1 aromatic rings. The zero-order valence-corrected chi connectivity index (χ0v) is 14.6. The van der Waals surface area contributed by atoms with E-state index < -0.39 is 6.04 Å². The second-order valence-corrected chi connectivity index (χ2v) is 7.06. The van der Waals surface area contributed by atoms with Crippen molar-refractivity contribution in [1.82, 2.24) is 5.32 Å². The molecule has 0 radical (unpaired) electrons. The van der Waals surface area contributed by atoms with Crippen molar-refractivity contribution in [1.29, 1.82) is 0 Å². The maximum Gasteiger partial charge on any atom is 0.251 e. The Bertz CT molecular complexity index is 614. The van der Waals surface area contributed by atoms with Gasteiger partial charge >= 0.3 is 0 Å². The zero-order chi connectivity index (χ0) is 17.3. The number of hydrogen-bond donors (Lipinski definition) is 1. The van der Waals surface area contributed by atoms with Gasteiger partial charge in [-0.05, 0) is 42.5 Å². The fraction of sp³-hybridized carbons (Fsp3) is 0.579. The van der Waals surface area contributed by atoms with Crippen molar-refractivity contribution in [2.75, 3.05) is 12.0 Å². The normalized spacial score (nSPS) is 30.7. The van der Waals surface area contributed by atoms with Crippen LogP contribution < -0.4 is 15.0 Å². The van der Waals surface area contributed by atoms with Gasteiger partial charge in [0, 0.05) is 6.04 Å². The summed E-state index contributed by atoms with van der Waals surface area (Å²) in [6, 6.07) is 6.94. The van der Waals surface area contributed by atoms with Gasteiger partial charge in [0.1, 0.15) is 5.75 Å². The van der Waals surface area contributed by atoms with E-state index in [0.717, 1.165) is 6.42 Å². The third-order valence-electron chi connectivity index (χ3n) is 5.60. The summed E-state index contributed by atoms with van der Waals surface area (Å²) in [4.78, 5) is 26.4. The average molecular weight is 330 g/mol. The van der Waals surface area contributed by atoms with Gasteiger partial charge in [-0.1, -0.05) is 26.7 Å². The minimum Gasteiger partial charge on any atom is -0.497 e. The molecule has 2 fully saturated rings. The molecule has 4 unspecified atom stereocenters. The highest BCUT2D eigenvalue weighted by Gasteiger charge is 2.41. The number of benzene rings is 1. The van der Waals surface area contributed by atoms with Gasteiger partial charge in [-0.2, -0.15) is 0 Å². The number of hydrogen-bond acceptors (Lipinski definition) is 4. The minimum atomic E-state index is -0.405. The summed E-state index contributed by atoms with van der Waals surface area (Å²) in [5.41, 5.74) is 0.611. The molecular weight excluding hydrogens is 304 g/mol. The lowest BCUT2D eigenvalue weighted by Crippen LogP contribution is -2.48. The van der Waals surface area contributed by atoms with Crippen LogP contribution in [0.2, 0.25) is 0 Å². The molecule has 1 heterocycles. The first-order valence-corrected chi connectivity index (χ1v) is 8.78. The number of carbonyl (C=O) groups excluding carboxylic acids is 2. The molecule has 1 aliphatic carbocycles. The average Bonchev–Trinajstić information content (AvgIpc) is 2.86. The van der Waals surface area contributed by atoms with Crippen LogP contribution in [0.5, 0.6) is 5.75 Å². The summed E-state index contributed by atoms with van der Waals surface area (Å²) in [6.07, 6.45) is 3.74. The minimum absolute atomic E-state index is 0.140. The number of methoxy groups -OCH3 is 1. The fourth-order valence-electron chi connectivity index (χ4n) is 3.84. The number of nitrogens with zero attached hydrogens (tertiary/aromatic N) is 1. The molecule has 5 nitrogen and oxygen atoms in total. The molecule has 2 amide bonds. The van der Waals surface area contributed by atoms with Gasteiger partial charge in [-0.3, -0.25) is 9.59 Å². The molecule has 5 heteroatoms. The summed E-state index contributed by atoms with van der Waals surface area (Å²) in [7, 11) is 1.59. The monoisotopic (exact) mass is 330 g/mol. The van der Waals surface area contributed by atoms with E-state index in [4.69, 9.17) is 4.74 Å². The topological polar surface area (TPSA) is 58.6 Å². The maximum absolute atomic E-state index is 12.7. The van der Waals surface area contributed by atoms with Crippen LogP contribution in [0, 0.1) is 11.8 Å². The SMILES string of the molecule is COc1ccc(N2C(=O)CC(NC3CCCC(C)C3C)C2=O)cc1. The lowest BCUT2D eigenvalue weighted by atomic mass is 9.78. The Kier molecular flexibility index (Phi) is 4.90. The standard InChI is InChI=1S/C19H26N2O3/c1-12-5-4-6-16(13(12)2)20-17-11-18(22)21(19(17)23)14-7-9-15(24-3)10-8-14/h7-10,12-13,16-17,20H,4-6,11H2,1-3H3. The van der Waals surface area contributed by atoms with Gasteiger partial charge in [0.25, 0.3) is 5.91 Å². The first-order valence-electron chi connectivity index (χ1n) is 8.78. The fourth-order valence-corrected chi connectivity index (χ4v) is 3.84. The molecule has 2 aliphatic rings. The molecular formula is C19H26N2O3. The van der Waals surface area contributed by atoms with E-state index >= 15 is 0 Å². The first kappa shape index (κ1) is 17.0. The van der Waals surface area contributed by atoms with E-state index in [1.807, 2.05) is 0 Å². The third-order valence-corrected chi connectivity index (χ3v) is 5.60. The smallest absolute Gasteiger partial charge is 0.251 e. The first-order chi connectivity index (χ1) is 11.5. The predicted molar refractivity (Wildman–Crippen MR) is 93.0 cm³/mol. The molecule has 4 atom stereocenters. The molecule has 130 valence electrons. The number of rotatable bonds is 4. The maximum atomic E-state index is 12.7. The summed E-state index contributed by atoms with van der Waals surface area (Å²) < 4.78 is 5.13. The van der Waals surface area contributed by atoms with Crippen LogP contribution in [0.1, 0.15) is 39.5 Å². The van der Waals surface area contributed by atoms with Crippen LogP contribution in [0.25, 0.3) is 0 Å². The van der Waals surface area contributed by atoms with Crippen LogP contribution >= 0.6 is 0 Å². The van der Waals surface area contributed by atoms with Crippen molar-refractivity contribution in [3.05, 3.63) is 24.3 Å². The highest BCUT2D eigenvalue weighted by molar-refractivity contribution is 6.22. The van der Waals surface area contributed by atoms with Gasteiger partial charge in [0.05, 0.1) is 25.3 Å². The Morgan fingerprint density at radius 3 is 2.50 bits per heavy atom. The van der Waals surface area contributed by atoms with E-state index in [9.17, 15) is 9.59 Å². The zero-order valence-electron chi connectivity index (χ0n) is 14.6. The highest BCUT2D eigenvalue weighted by Crippen LogP contribution is 2.31. The van der Waals surface area contributed by atoms with E-state index in [-0.39, 0.29) is 18.2 Å². The van der Waals surface area contributed by atoms with Gasteiger partial charge in [0.2, 0.25) is 5.91 Å². The van der Waals surface area contributed by atoms with Crippen molar-refractivity contribution in [2.45, 2.75) is 51.6 Å². The van der Waals surface area contributed by atoms with Crippen LogP contribution in [0.15, 0.2) is 24.3 Å². The van der Waals surface area contributed by atoms with Gasteiger partial charge in [0.15, 0.2) is 0 Å². The summed E-state index contributed by atoms with van der Waals surface area (Å²) in [5, 5.41) is 3.46. The van der Waals surface area contributed by atoms with E-state index in [0.29, 0.717) is 29.3 Å². The highest BCUT2D eigenvalue weighted by atomic mass is 16.5. The van der Waals surface area contributed by atoms with Gasteiger partial charge in [-0.15, -0.1) is 0 Å². The predicted octanol–water partition coefficient (Wildman–Crippen LogP) is 2.74. The number of ether oxygens (including phenoxy) is 1. The Hall–Kier alpha value is -1.88. The lowest BCUT2D eigenvalue weighted by molar-refractivity contribution is -0.121. The summed E-state index contributed by atoms with van der Waals surface area (Å²) in [6.45, 7) is 4.51. The molecule has 1 N–H and O–H groups in total. The molecule has 24 heavy (non-hydrogen) atoms. The molecule has 0 spiro atoms. The number of anilines is 1. The molecule has 0 aromatic heterocycles. The van der Waals surface area contributed by atoms with E-state index in [1.165, 1.54) is 17.7 Å². The van der Waals surface area contributed by atoms with Gasteiger partial charge < -0.3 is 10.1 Å². The Morgan fingerprint density at radius 1 is 1.12 bits per heavy atom. The molecule has 1 saturated heterocycles. The number of carbonyl (C=O) groups is 2. The molecule has 1 aromatic carbocycles. The van der Waals surface area contributed by atoms with E-state index in [2.05, 4.69) is 19.2 Å².